The van der Waals surface area contributed by atoms with E-state index in [1.54, 1.807) is 0 Å². The first kappa shape index (κ1) is 75.8. The summed E-state index contributed by atoms with van der Waals surface area (Å²) < 4.78 is 34.4. The molecule has 0 aliphatic heterocycles. The predicted molar refractivity (Wildman–Crippen MR) is 487 cm³/mol. The van der Waals surface area contributed by atoms with Gasteiger partial charge >= 0.3 is 0 Å². The van der Waals surface area contributed by atoms with Gasteiger partial charge in [0.15, 0.2) is 24.8 Å². The van der Waals surface area contributed by atoms with Gasteiger partial charge in [0.1, 0.15) is 72.9 Å². The molecule has 12 aromatic carbocycles. The smallest absolute Gasteiger partial charge is 0.212 e. The summed E-state index contributed by atoms with van der Waals surface area (Å²) in [6, 6.07) is 87.4. The standard InChI is InChI=1S/C28H26NO.C28H28NO.C27H26NO.C26H24NO/c1-18-22(25-17-21(15-16-29(25)2)19-7-3-4-8-19)12-13-24-27-23-10-6-5-9-20(23)11-14-26(27)30-28(18)24;1-18-21(24-16-19(14-15-29(24)5)17-28(2,3)4)11-12-23-26-22-9-7-6-8-20(22)10-13-25(26)30-27(18)23;1-17(2)15-19-13-14-28(4)24(16-19)21-10-11-23-26-22-8-6-5-7-20(22)9-12-25(26)29-27(23)18(21)3;1-16(2)19-13-14-27(4)23(15-19)20-10-11-22-25-21-8-6-5-7-18(21)9-12-24(25)28-26(22)17(20)3/h5-6,9-17,19H,3-4,7-8H2,1-2H3;6-16H,17H2,1-5H3;5-14,16-17H,15H2,1-4H3;5-16H,1-4H3/q4*+1. The zero-order valence-electron chi connectivity index (χ0n) is 70.3. The summed E-state index contributed by atoms with van der Waals surface area (Å²) in [7, 11) is 8.48. The Morgan fingerprint density at radius 2 is 0.650 bits per heavy atom. The molecule has 1 aliphatic carbocycles. The normalized spacial score (nSPS) is 12.8. The van der Waals surface area contributed by atoms with Gasteiger partial charge in [0.05, 0.1) is 22.3 Å². The largest absolute Gasteiger partial charge is 0.456 e. The number of aryl methyl sites for hydroxylation is 8. The lowest BCUT2D eigenvalue weighted by Gasteiger charge is -2.18. The molecule has 20 aromatic rings. The molecule has 1 fully saturated rings. The molecule has 0 N–H and O–H groups in total. The van der Waals surface area contributed by atoms with E-state index in [1.807, 2.05) is 0 Å². The van der Waals surface area contributed by atoms with Crippen LogP contribution in [0.15, 0.2) is 285 Å². The van der Waals surface area contributed by atoms with E-state index in [2.05, 4.69) is 390 Å². The van der Waals surface area contributed by atoms with Crippen LogP contribution in [0.2, 0.25) is 0 Å². The molecule has 8 heteroatoms. The van der Waals surface area contributed by atoms with Crippen molar-refractivity contribution in [2.24, 2.45) is 39.5 Å². The topological polar surface area (TPSA) is 68.1 Å². The Balaban J connectivity index is 0.000000108. The average Bonchev–Trinajstić information content (AvgIpc) is 1.62. The highest BCUT2D eigenvalue weighted by Gasteiger charge is 2.28. The third-order valence-corrected chi connectivity index (χ3v) is 24.9. The number of pyridine rings is 4. The molecule has 21 rings (SSSR count). The molecule has 580 valence electrons. The van der Waals surface area contributed by atoms with E-state index in [4.69, 9.17) is 17.7 Å². The molecule has 0 spiro atoms. The summed E-state index contributed by atoms with van der Waals surface area (Å²) in [5.74, 6) is 1.86. The zero-order chi connectivity index (χ0) is 80.8. The number of furan rings is 4. The Bertz CT molecular complexity index is 7310. The van der Waals surface area contributed by atoms with Crippen molar-refractivity contribution in [3.05, 3.63) is 312 Å². The van der Waals surface area contributed by atoms with E-state index in [1.165, 1.54) is 201 Å². The Kier molecular flexibility index (Phi) is 19.8. The van der Waals surface area contributed by atoms with E-state index < -0.39 is 0 Å². The van der Waals surface area contributed by atoms with E-state index in [-0.39, 0.29) is 5.41 Å². The molecule has 8 nitrogen and oxygen atoms in total. The van der Waals surface area contributed by atoms with Crippen LogP contribution in [0.4, 0.5) is 0 Å². The number of rotatable bonds is 9. The summed E-state index contributed by atoms with van der Waals surface area (Å²) in [5.41, 5.74) is 28.3. The number of aromatic nitrogens is 4. The number of hydrogen-bond acceptors (Lipinski definition) is 4. The summed E-state index contributed by atoms with van der Waals surface area (Å²) in [4.78, 5) is 0. The van der Waals surface area contributed by atoms with Gasteiger partial charge < -0.3 is 17.7 Å². The average molecular weight is 1530 g/mol. The van der Waals surface area contributed by atoms with Crippen LogP contribution in [0.1, 0.15) is 130 Å². The first-order valence-corrected chi connectivity index (χ1v) is 41.9. The Morgan fingerprint density at radius 1 is 0.333 bits per heavy atom. The lowest BCUT2D eigenvalue weighted by atomic mass is 9.88. The van der Waals surface area contributed by atoms with Crippen molar-refractivity contribution in [3.63, 3.8) is 0 Å². The van der Waals surface area contributed by atoms with Gasteiger partial charge in [-0.05, 0) is 215 Å². The molecule has 0 amide bonds. The maximum Gasteiger partial charge on any atom is 0.212 e. The number of hydrogen-bond donors (Lipinski definition) is 0. The second-order valence-electron chi connectivity index (χ2n) is 35.0. The second kappa shape index (κ2) is 30.6. The minimum absolute atomic E-state index is 0.260. The fourth-order valence-electron chi connectivity index (χ4n) is 18.8. The van der Waals surface area contributed by atoms with Crippen LogP contribution in [0.5, 0.6) is 0 Å². The Morgan fingerprint density at radius 3 is 1.00 bits per heavy atom. The molecular weight excluding hydrogens is 1430 g/mol. The molecule has 0 bridgehead atoms. The number of nitrogens with zero attached hydrogens (tertiary/aromatic N) is 4. The Hall–Kier alpha value is -12.5. The highest BCUT2D eigenvalue weighted by molar-refractivity contribution is 6.23. The molecule has 0 saturated heterocycles. The van der Waals surface area contributed by atoms with E-state index in [9.17, 15) is 0 Å². The van der Waals surface area contributed by atoms with Crippen LogP contribution >= 0.6 is 0 Å². The molecule has 1 saturated carbocycles. The van der Waals surface area contributed by atoms with Gasteiger partial charge in [-0.15, -0.1) is 0 Å². The molecular formula is C109H104N4O4+4. The van der Waals surface area contributed by atoms with Crippen molar-refractivity contribution in [2.75, 3.05) is 0 Å². The fourth-order valence-corrected chi connectivity index (χ4v) is 18.8. The first-order valence-electron chi connectivity index (χ1n) is 41.9. The van der Waals surface area contributed by atoms with Crippen LogP contribution in [0.25, 0.3) is 176 Å². The first-order chi connectivity index (χ1) is 56.6. The van der Waals surface area contributed by atoms with E-state index >= 15 is 0 Å². The maximum atomic E-state index is 6.41. The van der Waals surface area contributed by atoms with Crippen molar-refractivity contribution >= 4 is 131 Å². The minimum Gasteiger partial charge on any atom is -0.456 e. The lowest BCUT2D eigenvalue weighted by molar-refractivity contribution is -0.660. The van der Waals surface area contributed by atoms with Gasteiger partial charge in [0, 0.05) is 114 Å². The van der Waals surface area contributed by atoms with E-state index in [0.29, 0.717) is 17.8 Å². The molecule has 8 aromatic heterocycles. The number of benzene rings is 12. The number of fused-ring (bicyclic) bond motifs is 20. The minimum atomic E-state index is 0.260. The van der Waals surface area contributed by atoms with Gasteiger partial charge in [0.25, 0.3) is 0 Å². The fraction of sp³-hybridized carbons (Fsp3) is 0.229. The second-order valence-corrected chi connectivity index (χ2v) is 35.0. The highest BCUT2D eigenvalue weighted by atomic mass is 16.3. The van der Waals surface area contributed by atoms with Gasteiger partial charge in [-0.2, -0.15) is 0 Å². The van der Waals surface area contributed by atoms with Crippen molar-refractivity contribution < 1.29 is 35.9 Å². The Labute approximate surface area is 685 Å². The molecule has 0 radical (unpaired) electrons. The molecule has 1 aliphatic rings. The third kappa shape index (κ3) is 14.0. The molecule has 117 heavy (non-hydrogen) atoms. The quantitative estimate of drug-likeness (QED) is 0.135. The lowest BCUT2D eigenvalue weighted by Crippen LogP contribution is -2.31. The van der Waals surface area contributed by atoms with Crippen LogP contribution in [0, 0.1) is 39.0 Å². The van der Waals surface area contributed by atoms with Crippen molar-refractivity contribution in [1.29, 1.82) is 0 Å². The van der Waals surface area contributed by atoms with Crippen LogP contribution in [0.3, 0.4) is 0 Å². The predicted octanol–water partition coefficient (Wildman–Crippen LogP) is 27.7. The summed E-state index contributed by atoms with van der Waals surface area (Å²) in [6.07, 6.45) is 16.2. The summed E-state index contributed by atoms with van der Waals surface area (Å²) >= 11 is 0. The maximum absolute atomic E-state index is 6.41. The van der Waals surface area contributed by atoms with Crippen molar-refractivity contribution in [1.82, 2.24) is 0 Å². The SMILES string of the molecule is Cc1c(-c2cc(C(C)C)cc[n+]2C)ccc2c1oc1ccc3ccccc3c12.Cc1c(-c2cc(C3CCCC3)cc[n+]2C)ccc2c1oc1ccc3ccccc3c12.Cc1c(-c2cc(CC(C)(C)C)cc[n+]2C)ccc2c1oc1ccc3ccccc3c12.Cc1c(-c2cc(CC(C)C)cc[n+]2C)ccc2c1oc1ccc3ccccc3c12. The molecule has 8 heterocycles. The summed E-state index contributed by atoms with van der Waals surface area (Å²) in [6.45, 7) is 24.6. The van der Waals surface area contributed by atoms with Gasteiger partial charge in [0.2, 0.25) is 22.8 Å². The van der Waals surface area contributed by atoms with Crippen molar-refractivity contribution in [3.8, 4) is 45.0 Å². The van der Waals surface area contributed by atoms with Crippen LogP contribution in [-0.2, 0) is 41.0 Å². The van der Waals surface area contributed by atoms with E-state index in [0.717, 1.165) is 57.5 Å². The summed E-state index contributed by atoms with van der Waals surface area (Å²) in [5, 5.41) is 19.6. The van der Waals surface area contributed by atoms with Crippen LogP contribution < -0.4 is 18.3 Å². The van der Waals surface area contributed by atoms with Gasteiger partial charge in [-0.25, -0.2) is 18.3 Å². The molecule has 0 atom stereocenters. The van der Waals surface area contributed by atoms with Gasteiger partial charge in [-0.1, -0.05) is 183 Å². The zero-order valence-corrected chi connectivity index (χ0v) is 70.3. The highest BCUT2D eigenvalue weighted by Crippen LogP contribution is 2.45. The molecule has 0 unspecified atom stereocenters. The monoisotopic (exact) mass is 1530 g/mol. The van der Waals surface area contributed by atoms with Gasteiger partial charge in [-0.3, -0.25) is 0 Å². The van der Waals surface area contributed by atoms with Crippen LogP contribution in [-0.4, -0.2) is 0 Å². The van der Waals surface area contributed by atoms with Crippen molar-refractivity contribution in [2.45, 2.75) is 127 Å². The third-order valence-electron chi connectivity index (χ3n) is 24.9.